The van der Waals surface area contributed by atoms with Crippen LogP contribution in [0.5, 0.6) is 0 Å². The van der Waals surface area contributed by atoms with Gasteiger partial charge in [0.1, 0.15) is 11.6 Å². The topological polar surface area (TPSA) is 106 Å². The molecule has 1 atom stereocenters. The van der Waals surface area contributed by atoms with Gasteiger partial charge < -0.3 is 16.4 Å². The molecule has 0 saturated carbocycles. The number of hydrogen-bond donors (Lipinski definition) is 3. The summed E-state index contributed by atoms with van der Waals surface area (Å²) in [6.07, 6.45) is 0.644. The molecule has 1 aromatic heterocycles. The number of thioether (sulfide) groups is 1. The Balaban J connectivity index is 1.48. The van der Waals surface area contributed by atoms with E-state index in [9.17, 15) is 9.18 Å². The van der Waals surface area contributed by atoms with Crippen LogP contribution in [-0.4, -0.2) is 33.2 Å². The van der Waals surface area contributed by atoms with Crippen LogP contribution in [0.4, 0.5) is 22.0 Å². The molecular weight excluding hydrogens is 403 g/mol. The van der Waals surface area contributed by atoms with Crippen LogP contribution >= 0.6 is 11.8 Å². The molecule has 4 N–H and O–H groups in total. The Morgan fingerprint density at radius 2 is 1.83 bits per heavy atom. The Bertz CT molecular complexity index is 971. The normalized spacial score (nSPS) is 11.7. The quantitative estimate of drug-likeness (QED) is 0.481. The number of nitrogens with one attached hydrogen (secondary N) is 2. The maximum atomic E-state index is 12.9. The number of rotatable bonds is 9. The van der Waals surface area contributed by atoms with Crippen LogP contribution in [-0.2, 0) is 11.2 Å². The molecule has 0 saturated heterocycles. The number of carbonyl (C=O) groups is 1. The lowest BCUT2D eigenvalue weighted by Gasteiger charge is -2.12. The number of nitrogens with zero attached hydrogens (tertiary/aromatic N) is 3. The number of hydrogen-bond acceptors (Lipinski definition) is 7. The molecule has 3 aromatic rings. The summed E-state index contributed by atoms with van der Waals surface area (Å²) in [5, 5.41) is 5.82. The second-order valence-corrected chi connectivity index (χ2v) is 7.88. The summed E-state index contributed by atoms with van der Waals surface area (Å²) < 4.78 is 12.9. The number of aromatic nitrogens is 3. The van der Waals surface area contributed by atoms with Gasteiger partial charge in [-0.1, -0.05) is 30.3 Å². The zero-order valence-corrected chi connectivity index (χ0v) is 17.3. The lowest BCUT2D eigenvalue weighted by molar-refractivity contribution is -0.118. The summed E-state index contributed by atoms with van der Waals surface area (Å²) in [5.74, 6) is 0.893. The van der Waals surface area contributed by atoms with Gasteiger partial charge in [-0.05, 0) is 43.2 Å². The second-order valence-electron chi connectivity index (χ2n) is 6.55. The van der Waals surface area contributed by atoms with Gasteiger partial charge in [0.25, 0.3) is 0 Å². The molecule has 1 heterocycles. The Hall–Kier alpha value is -3.20. The summed E-state index contributed by atoms with van der Waals surface area (Å²) in [5.41, 5.74) is 7.63. The highest BCUT2D eigenvalue weighted by Gasteiger charge is 2.15. The smallest absolute Gasteiger partial charge is 0.232 e. The van der Waals surface area contributed by atoms with Crippen molar-refractivity contribution < 1.29 is 9.18 Å². The highest BCUT2D eigenvalue weighted by molar-refractivity contribution is 8.00. The summed E-state index contributed by atoms with van der Waals surface area (Å²) in [7, 11) is 0. The van der Waals surface area contributed by atoms with Crippen LogP contribution in [0, 0.1) is 5.82 Å². The van der Waals surface area contributed by atoms with Gasteiger partial charge in [-0.2, -0.15) is 15.0 Å². The Labute approximate surface area is 178 Å². The van der Waals surface area contributed by atoms with Crippen LogP contribution in [0.25, 0.3) is 0 Å². The number of halogens is 1. The van der Waals surface area contributed by atoms with Crippen molar-refractivity contribution in [1.29, 1.82) is 0 Å². The number of carbonyl (C=O) groups excluding carboxylic acids is 1. The van der Waals surface area contributed by atoms with Crippen molar-refractivity contribution in [3.05, 3.63) is 71.8 Å². The molecular formula is C21H23FN6OS. The predicted octanol–water partition coefficient (Wildman–Crippen LogP) is 3.49. The molecule has 9 heteroatoms. The zero-order valence-electron chi connectivity index (χ0n) is 16.5. The Morgan fingerprint density at radius 1 is 1.10 bits per heavy atom. The first kappa shape index (κ1) is 21.5. The molecule has 0 aliphatic rings. The summed E-state index contributed by atoms with van der Waals surface area (Å²) in [6, 6.07) is 15.8. The fourth-order valence-electron chi connectivity index (χ4n) is 2.62. The molecule has 0 spiro atoms. The minimum absolute atomic E-state index is 0.0846. The largest absolute Gasteiger partial charge is 0.368 e. The van der Waals surface area contributed by atoms with E-state index in [0.717, 1.165) is 11.3 Å². The van der Waals surface area contributed by atoms with E-state index in [0.29, 0.717) is 24.7 Å². The van der Waals surface area contributed by atoms with Crippen molar-refractivity contribution in [2.75, 3.05) is 23.3 Å². The van der Waals surface area contributed by atoms with Crippen molar-refractivity contribution >= 4 is 35.3 Å². The molecule has 2 aromatic carbocycles. The Kier molecular flexibility index (Phi) is 7.56. The number of benzene rings is 2. The molecule has 0 bridgehead atoms. The van der Waals surface area contributed by atoms with Crippen LogP contribution in [0.2, 0.25) is 0 Å². The lowest BCUT2D eigenvalue weighted by atomic mass is 10.1. The van der Waals surface area contributed by atoms with Crippen molar-refractivity contribution in [2.24, 2.45) is 0 Å². The lowest BCUT2D eigenvalue weighted by Crippen LogP contribution is -2.27. The number of amides is 1. The molecule has 3 rings (SSSR count). The van der Waals surface area contributed by atoms with E-state index in [4.69, 9.17) is 5.73 Å². The molecule has 156 valence electrons. The van der Waals surface area contributed by atoms with Gasteiger partial charge in [-0.3, -0.25) is 4.79 Å². The van der Waals surface area contributed by atoms with Gasteiger partial charge >= 0.3 is 0 Å². The third kappa shape index (κ3) is 6.70. The minimum atomic E-state index is -0.269. The van der Waals surface area contributed by atoms with E-state index in [-0.39, 0.29) is 28.7 Å². The average molecular weight is 427 g/mol. The molecule has 7 nitrogen and oxygen atoms in total. The monoisotopic (exact) mass is 426 g/mol. The third-order valence-electron chi connectivity index (χ3n) is 4.18. The van der Waals surface area contributed by atoms with Crippen LogP contribution in [0.15, 0.2) is 54.6 Å². The highest BCUT2D eigenvalue weighted by Crippen LogP contribution is 2.26. The number of nitrogen functional groups attached to an aromatic ring is 1. The van der Waals surface area contributed by atoms with E-state index in [2.05, 4.69) is 25.6 Å². The molecule has 0 unspecified atom stereocenters. The van der Waals surface area contributed by atoms with Gasteiger partial charge in [0.2, 0.25) is 17.8 Å². The number of nitrogens with two attached hydrogens (primary N) is 1. The Morgan fingerprint density at radius 3 is 2.57 bits per heavy atom. The summed E-state index contributed by atoms with van der Waals surface area (Å²) in [4.78, 5) is 24.8. The minimum Gasteiger partial charge on any atom is -0.368 e. The zero-order chi connectivity index (χ0) is 21.3. The van der Waals surface area contributed by atoms with Crippen molar-refractivity contribution in [3.8, 4) is 0 Å². The van der Waals surface area contributed by atoms with E-state index in [1.165, 1.54) is 23.9 Å². The molecule has 0 radical (unpaired) electrons. The summed E-state index contributed by atoms with van der Waals surface area (Å²) >= 11 is 1.41. The molecule has 30 heavy (non-hydrogen) atoms. The van der Waals surface area contributed by atoms with E-state index in [1.807, 2.05) is 37.3 Å². The first-order chi connectivity index (χ1) is 14.5. The third-order valence-corrected chi connectivity index (χ3v) is 5.32. The maximum Gasteiger partial charge on any atom is 0.232 e. The van der Waals surface area contributed by atoms with Gasteiger partial charge in [0, 0.05) is 12.2 Å². The van der Waals surface area contributed by atoms with Crippen LogP contribution in [0.3, 0.4) is 0 Å². The number of anilines is 3. The van der Waals surface area contributed by atoms with Gasteiger partial charge in [-0.25, -0.2) is 4.39 Å². The van der Waals surface area contributed by atoms with E-state index in [1.54, 1.807) is 12.1 Å². The molecule has 1 amide bonds. The fourth-order valence-corrected chi connectivity index (χ4v) is 3.38. The van der Waals surface area contributed by atoms with E-state index >= 15 is 0 Å². The molecule has 0 fully saturated rings. The number of para-hydroxylation sites is 1. The fraction of sp³-hybridized carbons (Fsp3) is 0.238. The standard InChI is InChI=1S/C21H23FN6OS/c1-14(30-13-18(29)24-12-11-15-7-9-16(22)10-8-15)19-26-20(23)28-21(27-19)25-17-5-3-2-4-6-17/h2-10,14H,11-13H2,1H3,(H,24,29)(H3,23,25,26,27,28)/t14-/m1/s1. The predicted molar refractivity (Wildman–Crippen MR) is 118 cm³/mol. The first-order valence-electron chi connectivity index (χ1n) is 9.46. The van der Waals surface area contributed by atoms with Crippen LogP contribution < -0.4 is 16.4 Å². The average Bonchev–Trinajstić information content (AvgIpc) is 2.74. The van der Waals surface area contributed by atoms with Gasteiger partial charge in [0.05, 0.1) is 11.0 Å². The SMILES string of the molecule is C[C@@H](SCC(=O)NCCc1ccc(F)cc1)c1nc(N)nc(Nc2ccccc2)n1. The maximum absolute atomic E-state index is 12.9. The van der Waals surface area contributed by atoms with Crippen molar-refractivity contribution in [2.45, 2.75) is 18.6 Å². The van der Waals surface area contributed by atoms with Gasteiger partial charge in [-0.15, -0.1) is 11.8 Å². The van der Waals surface area contributed by atoms with Gasteiger partial charge in [0.15, 0.2) is 0 Å². The van der Waals surface area contributed by atoms with Crippen LogP contribution in [0.1, 0.15) is 23.6 Å². The van der Waals surface area contributed by atoms with Crippen molar-refractivity contribution in [3.63, 3.8) is 0 Å². The second kappa shape index (κ2) is 10.5. The first-order valence-corrected chi connectivity index (χ1v) is 10.5. The molecule has 0 aliphatic heterocycles. The molecule has 0 aliphatic carbocycles. The van der Waals surface area contributed by atoms with E-state index < -0.39 is 0 Å². The summed E-state index contributed by atoms with van der Waals surface area (Å²) in [6.45, 7) is 2.40. The van der Waals surface area contributed by atoms with Crippen molar-refractivity contribution in [1.82, 2.24) is 20.3 Å². The highest BCUT2D eigenvalue weighted by atomic mass is 32.2.